The molecule has 0 spiro atoms. The molecule has 0 aliphatic carbocycles. The van der Waals surface area contributed by atoms with Crippen molar-refractivity contribution in [2.45, 2.75) is 46.3 Å². The van der Waals surface area contributed by atoms with Gasteiger partial charge in [-0.2, -0.15) is 0 Å². The average molecular weight is 445 g/mol. The Balaban J connectivity index is 0.00000288. The van der Waals surface area contributed by atoms with Crippen LogP contribution in [0.4, 0.5) is 0 Å². The zero-order valence-electron chi connectivity index (χ0n) is 15.0. The highest BCUT2D eigenvalue weighted by Crippen LogP contribution is 2.18. The molecule has 2 rings (SSSR count). The van der Waals surface area contributed by atoms with Crippen LogP contribution in [0.3, 0.4) is 0 Å². The number of guanidine groups is 1. The normalized spacial score (nSPS) is 14.5. The first kappa shape index (κ1) is 20.7. The quantitative estimate of drug-likeness (QED) is 0.337. The SMILES string of the molecule is CCNC(=NCC(=O)OC(C)(C)C)N1CCc2ccccc2C1.I. The number of nitrogens with one attached hydrogen (secondary N) is 1. The second-order valence-electron chi connectivity index (χ2n) is 6.70. The Morgan fingerprint density at radius 1 is 1.29 bits per heavy atom. The van der Waals surface area contributed by atoms with Crippen molar-refractivity contribution in [2.24, 2.45) is 4.99 Å². The summed E-state index contributed by atoms with van der Waals surface area (Å²) in [6.45, 7) is 10.1. The van der Waals surface area contributed by atoms with E-state index < -0.39 is 5.60 Å². The first-order chi connectivity index (χ1) is 10.9. The van der Waals surface area contributed by atoms with E-state index in [9.17, 15) is 4.79 Å². The van der Waals surface area contributed by atoms with E-state index >= 15 is 0 Å². The molecule has 1 aliphatic rings. The largest absolute Gasteiger partial charge is 0.459 e. The Hall–Kier alpha value is -1.31. The maximum absolute atomic E-state index is 11.9. The molecule has 1 heterocycles. The number of hydrogen-bond donors (Lipinski definition) is 1. The average Bonchev–Trinajstić information content (AvgIpc) is 2.49. The number of aliphatic imine (C=N–C) groups is 1. The van der Waals surface area contributed by atoms with Gasteiger partial charge in [-0.1, -0.05) is 24.3 Å². The number of rotatable bonds is 3. The van der Waals surface area contributed by atoms with Crippen LogP contribution in [0.1, 0.15) is 38.8 Å². The molecule has 1 aromatic rings. The number of halogens is 1. The molecule has 0 radical (unpaired) electrons. The molecule has 134 valence electrons. The van der Waals surface area contributed by atoms with Gasteiger partial charge in [0, 0.05) is 19.6 Å². The van der Waals surface area contributed by atoms with Crippen molar-refractivity contribution in [3.05, 3.63) is 35.4 Å². The minimum Gasteiger partial charge on any atom is -0.459 e. The third kappa shape index (κ3) is 6.30. The minimum atomic E-state index is -0.477. The molecule has 24 heavy (non-hydrogen) atoms. The highest BCUT2D eigenvalue weighted by atomic mass is 127. The van der Waals surface area contributed by atoms with Crippen LogP contribution in [0.5, 0.6) is 0 Å². The number of fused-ring (bicyclic) bond motifs is 1. The molecule has 0 unspecified atom stereocenters. The first-order valence-corrected chi connectivity index (χ1v) is 8.21. The summed E-state index contributed by atoms with van der Waals surface area (Å²) in [6.07, 6.45) is 0.993. The number of carbonyl (C=O) groups excluding carboxylic acids is 1. The van der Waals surface area contributed by atoms with Crippen LogP contribution in [0.25, 0.3) is 0 Å². The van der Waals surface area contributed by atoms with Crippen LogP contribution < -0.4 is 5.32 Å². The Labute approximate surface area is 161 Å². The Morgan fingerprint density at radius 2 is 1.96 bits per heavy atom. The highest BCUT2D eigenvalue weighted by Gasteiger charge is 2.20. The molecule has 1 aromatic carbocycles. The van der Waals surface area contributed by atoms with Gasteiger partial charge < -0.3 is 15.0 Å². The molecule has 0 saturated carbocycles. The predicted molar refractivity (Wildman–Crippen MR) is 108 cm³/mol. The van der Waals surface area contributed by atoms with E-state index in [1.54, 1.807) is 0 Å². The molecular weight excluding hydrogens is 417 g/mol. The van der Waals surface area contributed by atoms with Crippen molar-refractivity contribution in [1.29, 1.82) is 0 Å². The maximum Gasteiger partial charge on any atom is 0.328 e. The second kappa shape index (κ2) is 9.25. The topological polar surface area (TPSA) is 53.9 Å². The van der Waals surface area contributed by atoms with Gasteiger partial charge in [0.2, 0.25) is 0 Å². The van der Waals surface area contributed by atoms with Crippen molar-refractivity contribution in [1.82, 2.24) is 10.2 Å². The number of benzene rings is 1. The third-order valence-electron chi connectivity index (χ3n) is 3.54. The molecule has 1 aliphatic heterocycles. The molecule has 1 N–H and O–H groups in total. The lowest BCUT2D eigenvalue weighted by atomic mass is 10.0. The van der Waals surface area contributed by atoms with Gasteiger partial charge in [0.05, 0.1) is 0 Å². The summed E-state index contributed by atoms with van der Waals surface area (Å²) in [7, 11) is 0. The lowest BCUT2D eigenvalue weighted by molar-refractivity contribution is -0.152. The number of esters is 1. The monoisotopic (exact) mass is 445 g/mol. The summed E-state index contributed by atoms with van der Waals surface area (Å²) in [5, 5.41) is 3.27. The van der Waals surface area contributed by atoms with Crippen molar-refractivity contribution in [3.8, 4) is 0 Å². The standard InChI is InChI=1S/C18H27N3O2.HI/c1-5-19-17(20-12-16(22)23-18(2,3)4)21-11-10-14-8-6-7-9-15(14)13-21;/h6-9H,5,10-13H2,1-4H3,(H,19,20);1H. The summed E-state index contributed by atoms with van der Waals surface area (Å²) in [6, 6.07) is 8.47. The first-order valence-electron chi connectivity index (χ1n) is 8.21. The second-order valence-corrected chi connectivity index (χ2v) is 6.70. The Bertz CT molecular complexity index is 582. The summed E-state index contributed by atoms with van der Waals surface area (Å²) in [5.74, 6) is 0.471. The number of nitrogens with zero attached hydrogens (tertiary/aromatic N) is 2. The van der Waals surface area contributed by atoms with E-state index in [-0.39, 0.29) is 36.5 Å². The van der Waals surface area contributed by atoms with Gasteiger partial charge in [-0.25, -0.2) is 4.99 Å². The van der Waals surface area contributed by atoms with Gasteiger partial charge >= 0.3 is 5.97 Å². The summed E-state index contributed by atoms with van der Waals surface area (Å²) in [5.41, 5.74) is 2.24. The van der Waals surface area contributed by atoms with Crippen LogP contribution in [0, 0.1) is 0 Å². The molecule has 0 saturated heterocycles. The van der Waals surface area contributed by atoms with Crippen molar-refractivity contribution >= 4 is 35.9 Å². The van der Waals surface area contributed by atoms with E-state index in [4.69, 9.17) is 4.74 Å². The summed E-state index contributed by atoms with van der Waals surface area (Å²) >= 11 is 0. The predicted octanol–water partition coefficient (Wildman–Crippen LogP) is 2.97. The lowest BCUT2D eigenvalue weighted by Gasteiger charge is -2.31. The number of ether oxygens (including phenoxy) is 1. The highest BCUT2D eigenvalue weighted by molar-refractivity contribution is 14.0. The van der Waals surface area contributed by atoms with Crippen LogP contribution in [0.15, 0.2) is 29.3 Å². The molecule has 0 atom stereocenters. The van der Waals surface area contributed by atoms with Gasteiger partial charge in [-0.05, 0) is 45.2 Å². The van der Waals surface area contributed by atoms with Crippen molar-refractivity contribution in [2.75, 3.05) is 19.6 Å². The van der Waals surface area contributed by atoms with E-state index in [1.807, 2.05) is 27.7 Å². The van der Waals surface area contributed by atoms with Gasteiger partial charge in [0.25, 0.3) is 0 Å². The van der Waals surface area contributed by atoms with Gasteiger partial charge in [0.15, 0.2) is 5.96 Å². The summed E-state index contributed by atoms with van der Waals surface area (Å²) in [4.78, 5) is 18.5. The maximum atomic E-state index is 11.9. The number of hydrogen-bond acceptors (Lipinski definition) is 3. The molecular formula is C18H28IN3O2. The Morgan fingerprint density at radius 3 is 2.58 bits per heavy atom. The lowest BCUT2D eigenvalue weighted by Crippen LogP contribution is -2.44. The molecule has 5 nitrogen and oxygen atoms in total. The fourth-order valence-electron chi connectivity index (χ4n) is 2.62. The van der Waals surface area contributed by atoms with E-state index in [1.165, 1.54) is 11.1 Å². The van der Waals surface area contributed by atoms with Crippen LogP contribution in [0.2, 0.25) is 0 Å². The fourth-order valence-corrected chi connectivity index (χ4v) is 2.62. The van der Waals surface area contributed by atoms with Gasteiger partial charge in [-0.3, -0.25) is 4.79 Å². The van der Waals surface area contributed by atoms with Crippen LogP contribution in [-0.4, -0.2) is 42.1 Å². The molecule has 6 heteroatoms. The van der Waals surface area contributed by atoms with Gasteiger partial charge in [-0.15, -0.1) is 24.0 Å². The van der Waals surface area contributed by atoms with E-state index in [2.05, 4.69) is 39.5 Å². The van der Waals surface area contributed by atoms with E-state index in [0.29, 0.717) is 0 Å². The van der Waals surface area contributed by atoms with Gasteiger partial charge in [0.1, 0.15) is 12.1 Å². The molecule has 0 aromatic heterocycles. The zero-order chi connectivity index (χ0) is 16.9. The minimum absolute atomic E-state index is 0. The fraction of sp³-hybridized carbons (Fsp3) is 0.556. The Kier molecular flexibility index (Phi) is 7.99. The molecule has 0 fully saturated rings. The van der Waals surface area contributed by atoms with Crippen molar-refractivity contribution < 1.29 is 9.53 Å². The summed E-state index contributed by atoms with van der Waals surface area (Å²) < 4.78 is 5.32. The van der Waals surface area contributed by atoms with E-state index in [0.717, 1.165) is 32.0 Å². The number of carbonyl (C=O) groups is 1. The molecule has 0 bridgehead atoms. The van der Waals surface area contributed by atoms with Crippen LogP contribution in [-0.2, 0) is 22.5 Å². The zero-order valence-corrected chi connectivity index (χ0v) is 17.3. The van der Waals surface area contributed by atoms with Crippen molar-refractivity contribution in [3.63, 3.8) is 0 Å². The van der Waals surface area contributed by atoms with Crippen LogP contribution >= 0.6 is 24.0 Å². The smallest absolute Gasteiger partial charge is 0.328 e. The molecule has 0 amide bonds. The third-order valence-corrected chi connectivity index (χ3v) is 3.54.